The molecule has 2 nitrogen and oxygen atoms in total. The van der Waals surface area contributed by atoms with E-state index in [0.717, 1.165) is 15.9 Å². The Hall–Kier alpha value is -0.900. The Kier molecular flexibility index (Phi) is 4.75. The molecule has 0 saturated heterocycles. The van der Waals surface area contributed by atoms with Crippen molar-refractivity contribution in [3.63, 3.8) is 0 Å². The quantitative estimate of drug-likeness (QED) is 0.919. The van der Waals surface area contributed by atoms with Crippen molar-refractivity contribution < 1.29 is 0 Å². The number of benzene rings is 1. The van der Waals surface area contributed by atoms with E-state index in [0.29, 0.717) is 0 Å². The van der Waals surface area contributed by atoms with Gasteiger partial charge in [0.25, 0.3) is 0 Å². The topological polar surface area (TPSA) is 24.9 Å². The van der Waals surface area contributed by atoms with Crippen LogP contribution in [0.25, 0.3) is 0 Å². The number of pyridine rings is 1. The van der Waals surface area contributed by atoms with E-state index >= 15 is 0 Å². The zero-order valence-corrected chi connectivity index (χ0v) is 12.4. The Labute approximate surface area is 121 Å². The Morgan fingerprint density at radius 2 is 2.17 bits per heavy atom. The van der Waals surface area contributed by atoms with Crippen molar-refractivity contribution in [1.82, 2.24) is 10.3 Å². The fraction of sp³-hybridized carbons (Fsp3) is 0.214. The Morgan fingerprint density at radius 3 is 2.83 bits per heavy atom. The summed E-state index contributed by atoms with van der Waals surface area (Å²) in [6, 6.07) is 10.3. The van der Waals surface area contributed by atoms with E-state index in [1.807, 2.05) is 31.4 Å². The fourth-order valence-corrected chi connectivity index (χ4v) is 2.52. The molecule has 1 atom stereocenters. The molecule has 1 aromatic heterocycles. The van der Waals surface area contributed by atoms with Crippen LogP contribution in [0.1, 0.15) is 17.2 Å². The maximum Gasteiger partial charge on any atom is 0.0410 e. The van der Waals surface area contributed by atoms with E-state index in [2.05, 4.69) is 38.4 Å². The van der Waals surface area contributed by atoms with Crippen LogP contribution in [0.5, 0.6) is 0 Å². The normalized spacial score (nSPS) is 12.4. The predicted molar refractivity (Wildman–Crippen MR) is 78.9 cm³/mol. The zero-order chi connectivity index (χ0) is 13.0. The van der Waals surface area contributed by atoms with Crippen molar-refractivity contribution in [2.24, 2.45) is 0 Å². The first kappa shape index (κ1) is 13.5. The van der Waals surface area contributed by atoms with Crippen LogP contribution >= 0.6 is 27.5 Å². The van der Waals surface area contributed by atoms with Crippen LogP contribution in [-0.4, -0.2) is 12.0 Å². The standard InChI is InChI=1S/C14H14BrClN2/c1-17-14(11-3-2-4-13(16)7-11)6-10-5-12(15)9-18-8-10/h2-5,7-9,14,17H,6H2,1H3. The summed E-state index contributed by atoms with van der Waals surface area (Å²) in [5.74, 6) is 0. The van der Waals surface area contributed by atoms with Gasteiger partial charge < -0.3 is 5.32 Å². The van der Waals surface area contributed by atoms with Gasteiger partial charge in [0.1, 0.15) is 0 Å². The largest absolute Gasteiger partial charge is 0.313 e. The minimum Gasteiger partial charge on any atom is -0.313 e. The van der Waals surface area contributed by atoms with Gasteiger partial charge in [-0.2, -0.15) is 0 Å². The number of nitrogens with zero attached hydrogens (tertiary/aromatic N) is 1. The molecular weight excluding hydrogens is 312 g/mol. The van der Waals surface area contributed by atoms with Crippen molar-refractivity contribution in [2.75, 3.05) is 7.05 Å². The number of rotatable bonds is 4. The van der Waals surface area contributed by atoms with E-state index in [4.69, 9.17) is 11.6 Å². The van der Waals surface area contributed by atoms with Gasteiger partial charge in [-0.15, -0.1) is 0 Å². The lowest BCUT2D eigenvalue weighted by Gasteiger charge is -2.17. The van der Waals surface area contributed by atoms with Crippen LogP contribution in [0.4, 0.5) is 0 Å². The molecule has 94 valence electrons. The molecular formula is C14H14BrClN2. The number of hydrogen-bond donors (Lipinski definition) is 1. The fourth-order valence-electron chi connectivity index (χ4n) is 1.91. The van der Waals surface area contributed by atoms with E-state index < -0.39 is 0 Å². The predicted octanol–water partition coefficient (Wildman–Crippen LogP) is 4.00. The highest BCUT2D eigenvalue weighted by atomic mass is 79.9. The van der Waals surface area contributed by atoms with Crippen molar-refractivity contribution in [1.29, 1.82) is 0 Å². The second kappa shape index (κ2) is 6.32. The molecule has 0 aliphatic carbocycles. The van der Waals surface area contributed by atoms with Gasteiger partial charge in [0.15, 0.2) is 0 Å². The maximum atomic E-state index is 6.03. The minimum absolute atomic E-state index is 0.236. The average Bonchev–Trinajstić information content (AvgIpc) is 2.36. The highest BCUT2D eigenvalue weighted by Gasteiger charge is 2.10. The van der Waals surface area contributed by atoms with Crippen molar-refractivity contribution in [3.8, 4) is 0 Å². The zero-order valence-electron chi connectivity index (χ0n) is 10.0. The van der Waals surface area contributed by atoms with Crippen molar-refractivity contribution in [2.45, 2.75) is 12.5 Å². The van der Waals surface area contributed by atoms with Crippen LogP contribution in [0.3, 0.4) is 0 Å². The third-order valence-corrected chi connectivity index (χ3v) is 3.47. The molecule has 0 bridgehead atoms. The van der Waals surface area contributed by atoms with Crippen LogP contribution in [0, 0.1) is 0 Å². The molecule has 4 heteroatoms. The lowest BCUT2D eigenvalue weighted by Crippen LogP contribution is -2.18. The van der Waals surface area contributed by atoms with Crippen LogP contribution in [-0.2, 0) is 6.42 Å². The van der Waals surface area contributed by atoms with Gasteiger partial charge in [-0.3, -0.25) is 4.98 Å². The lowest BCUT2D eigenvalue weighted by molar-refractivity contribution is 0.591. The van der Waals surface area contributed by atoms with Gasteiger partial charge in [0.05, 0.1) is 0 Å². The lowest BCUT2D eigenvalue weighted by atomic mass is 10.0. The molecule has 0 aliphatic rings. The number of nitrogens with one attached hydrogen (secondary N) is 1. The summed E-state index contributed by atoms with van der Waals surface area (Å²) < 4.78 is 1.00. The molecule has 2 aromatic rings. The minimum atomic E-state index is 0.236. The Balaban J connectivity index is 2.19. The van der Waals surface area contributed by atoms with Gasteiger partial charge in [0.2, 0.25) is 0 Å². The summed E-state index contributed by atoms with van der Waals surface area (Å²) in [6.07, 6.45) is 4.56. The molecule has 0 radical (unpaired) electrons. The maximum absolute atomic E-state index is 6.03. The van der Waals surface area contributed by atoms with E-state index in [1.165, 1.54) is 11.1 Å². The second-order valence-electron chi connectivity index (χ2n) is 4.11. The van der Waals surface area contributed by atoms with Gasteiger partial charge in [-0.1, -0.05) is 23.7 Å². The van der Waals surface area contributed by atoms with Crippen molar-refractivity contribution in [3.05, 3.63) is 63.3 Å². The molecule has 0 aliphatic heterocycles. The highest BCUT2D eigenvalue weighted by Crippen LogP contribution is 2.22. The average molecular weight is 326 g/mol. The molecule has 0 amide bonds. The third kappa shape index (κ3) is 3.55. The number of hydrogen-bond acceptors (Lipinski definition) is 2. The molecule has 1 heterocycles. The van der Waals surface area contributed by atoms with Gasteiger partial charge in [-0.05, 0) is 58.7 Å². The summed E-state index contributed by atoms with van der Waals surface area (Å²) in [7, 11) is 1.96. The number of aromatic nitrogens is 1. The summed E-state index contributed by atoms with van der Waals surface area (Å²) >= 11 is 9.46. The third-order valence-electron chi connectivity index (χ3n) is 2.80. The van der Waals surface area contributed by atoms with E-state index in [-0.39, 0.29) is 6.04 Å². The molecule has 1 unspecified atom stereocenters. The van der Waals surface area contributed by atoms with Gasteiger partial charge in [0, 0.05) is 27.9 Å². The molecule has 1 aromatic carbocycles. The van der Waals surface area contributed by atoms with Gasteiger partial charge >= 0.3 is 0 Å². The summed E-state index contributed by atoms with van der Waals surface area (Å²) in [5.41, 5.74) is 2.37. The first-order chi connectivity index (χ1) is 8.69. The number of likely N-dealkylation sites (N-methyl/N-ethyl adjacent to an activating group) is 1. The SMILES string of the molecule is CNC(Cc1cncc(Br)c1)c1cccc(Cl)c1. The molecule has 2 rings (SSSR count). The highest BCUT2D eigenvalue weighted by molar-refractivity contribution is 9.10. The van der Waals surface area contributed by atoms with Crippen LogP contribution in [0.15, 0.2) is 47.2 Å². The molecule has 0 saturated carbocycles. The van der Waals surface area contributed by atoms with E-state index in [1.54, 1.807) is 6.20 Å². The molecule has 0 spiro atoms. The monoisotopic (exact) mass is 324 g/mol. The first-order valence-corrected chi connectivity index (χ1v) is 6.88. The first-order valence-electron chi connectivity index (χ1n) is 5.71. The van der Waals surface area contributed by atoms with Gasteiger partial charge in [-0.25, -0.2) is 0 Å². The summed E-state index contributed by atoms with van der Waals surface area (Å²) in [6.45, 7) is 0. The number of halogens is 2. The van der Waals surface area contributed by atoms with Crippen molar-refractivity contribution >= 4 is 27.5 Å². The second-order valence-corrected chi connectivity index (χ2v) is 5.46. The summed E-state index contributed by atoms with van der Waals surface area (Å²) in [4.78, 5) is 4.18. The smallest absolute Gasteiger partial charge is 0.0410 e. The molecule has 0 fully saturated rings. The molecule has 1 N–H and O–H groups in total. The van der Waals surface area contributed by atoms with Crippen LogP contribution in [0.2, 0.25) is 5.02 Å². The summed E-state index contributed by atoms with van der Waals surface area (Å²) in [5, 5.41) is 4.08. The molecule has 18 heavy (non-hydrogen) atoms. The Morgan fingerprint density at radius 1 is 1.33 bits per heavy atom. The Bertz CT molecular complexity index is 531. The van der Waals surface area contributed by atoms with E-state index in [9.17, 15) is 0 Å². The van der Waals surface area contributed by atoms with Crippen LogP contribution < -0.4 is 5.32 Å².